The smallest absolute Gasteiger partial charge is 0.253 e. The molecule has 1 amide bonds. The Morgan fingerprint density at radius 1 is 1.21 bits per heavy atom. The van der Waals surface area contributed by atoms with Crippen molar-refractivity contribution < 1.29 is 13.9 Å². The summed E-state index contributed by atoms with van der Waals surface area (Å²) in [6.45, 7) is 4.84. The van der Waals surface area contributed by atoms with Crippen LogP contribution in [0.3, 0.4) is 0 Å². The first-order valence-corrected chi connectivity index (χ1v) is 12.9. The number of fused-ring (bicyclic) bond motifs is 1. The zero-order chi connectivity index (χ0) is 26.6. The molecule has 1 saturated heterocycles. The Labute approximate surface area is 221 Å². The van der Waals surface area contributed by atoms with Gasteiger partial charge in [0.05, 0.1) is 19.0 Å². The van der Waals surface area contributed by atoms with Crippen LogP contribution in [0.5, 0.6) is 5.75 Å². The molecule has 0 radical (unpaired) electrons. The van der Waals surface area contributed by atoms with Gasteiger partial charge in [0.15, 0.2) is 23.0 Å². The summed E-state index contributed by atoms with van der Waals surface area (Å²) >= 11 is 0. The third-order valence-electron chi connectivity index (χ3n) is 7.27. The van der Waals surface area contributed by atoms with Crippen molar-refractivity contribution in [2.24, 2.45) is 5.92 Å². The predicted molar refractivity (Wildman–Crippen MR) is 147 cm³/mol. The van der Waals surface area contributed by atoms with Crippen molar-refractivity contribution in [3.05, 3.63) is 71.9 Å². The molecule has 0 spiro atoms. The van der Waals surface area contributed by atoms with Crippen LogP contribution in [-0.2, 0) is 0 Å². The molecule has 9 heteroatoms. The van der Waals surface area contributed by atoms with Crippen LogP contribution < -0.4 is 15.4 Å². The van der Waals surface area contributed by atoms with Gasteiger partial charge >= 0.3 is 0 Å². The first-order valence-electron chi connectivity index (χ1n) is 12.9. The molecule has 2 N–H and O–H groups in total. The molecule has 1 fully saturated rings. The second kappa shape index (κ2) is 11.2. The minimum Gasteiger partial charge on any atom is -0.494 e. The molecule has 1 aliphatic rings. The van der Waals surface area contributed by atoms with Gasteiger partial charge < -0.3 is 20.3 Å². The number of carbonyl (C=O) groups excluding carboxylic acids is 1. The van der Waals surface area contributed by atoms with Crippen LogP contribution in [0.25, 0.3) is 16.9 Å². The van der Waals surface area contributed by atoms with Crippen LogP contribution in [0.15, 0.2) is 55.0 Å². The second-order valence-corrected chi connectivity index (χ2v) is 9.83. The molecule has 38 heavy (non-hydrogen) atoms. The number of imidazole rings is 1. The summed E-state index contributed by atoms with van der Waals surface area (Å²) < 4.78 is 21.2. The minimum atomic E-state index is -0.436. The zero-order valence-corrected chi connectivity index (χ0v) is 22.0. The average molecular weight is 517 g/mol. The fourth-order valence-corrected chi connectivity index (χ4v) is 5.02. The van der Waals surface area contributed by atoms with Crippen LogP contribution in [0.4, 0.5) is 15.9 Å². The Kier molecular flexibility index (Phi) is 7.55. The minimum absolute atomic E-state index is 0.0350. The number of rotatable bonds is 8. The standard InChI is InChI=1S/C29H33FN6O2/c1-19-16-22(5-6-23(19)29(37)35(2)14-10-20-8-11-31-12-9-20)34-27-28-33-18-25(36(28)15-13-32-27)21-4-7-26(38-3)24(30)17-21/h4-7,13,15-18,20,31H,8-12,14H2,1-3H3,(H,32,34). The number of anilines is 2. The van der Waals surface area contributed by atoms with Gasteiger partial charge in [0, 0.05) is 42.8 Å². The lowest BCUT2D eigenvalue weighted by atomic mass is 9.94. The van der Waals surface area contributed by atoms with Crippen molar-refractivity contribution in [3.63, 3.8) is 0 Å². The Morgan fingerprint density at radius 3 is 2.76 bits per heavy atom. The number of ether oxygens (including phenoxy) is 1. The normalized spacial score (nSPS) is 14.0. The SMILES string of the molecule is COc1ccc(-c2cnc3c(Nc4ccc(C(=O)N(C)CCC5CCNCC5)c(C)c4)nccn23)cc1F. The topological polar surface area (TPSA) is 83.8 Å². The number of aryl methyl sites for hydroxylation is 1. The Hall–Kier alpha value is -3.98. The van der Waals surface area contributed by atoms with Gasteiger partial charge in [-0.05, 0) is 87.2 Å². The summed E-state index contributed by atoms with van der Waals surface area (Å²) in [7, 11) is 3.32. The molecule has 0 bridgehead atoms. The van der Waals surface area contributed by atoms with Gasteiger partial charge in [0.2, 0.25) is 0 Å². The Bertz CT molecular complexity index is 1450. The maximum atomic E-state index is 14.3. The number of hydrogen-bond acceptors (Lipinski definition) is 6. The van der Waals surface area contributed by atoms with E-state index in [9.17, 15) is 9.18 Å². The van der Waals surface area contributed by atoms with E-state index >= 15 is 0 Å². The largest absolute Gasteiger partial charge is 0.494 e. The van der Waals surface area contributed by atoms with Crippen molar-refractivity contribution in [1.29, 1.82) is 0 Å². The van der Waals surface area contributed by atoms with Gasteiger partial charge in [-0.15, -0.1) is 0 Å². The monoisotopic (exact) mass is 516 g/mol. The van der Waals surface area contributed by atoms with Crippen LogP contribution in [0.1, 0.15) is 35.2 Å². The van der Waals surface area contributed by atoms with Gasteiger partial charge in [-0.3, -0.25) is 9.20 Å². The highest BCUT2D eigenvalue weighted by molar-refractivity contribution is 5.96. The van der Waals surface area contributed by atoms with Gasteiger partial charge in [0.25, 0.3) is 5.91 Å². The molecule has 2 aromatic heterocycles. The molecule has 4 aromatic rings. The highest BCUT2D eigenvalue weighted by Gasteiger charge is 2.19. The molecule has 1 aliphatic heterocycles. The number of halogens is 1. The van der Waals surface area contributed by atoms with E-state index in [-0.39, 0.29) is 11.7 Å². The zero-order valence-electron chi connectivity index (χ0n) is 22.0. The highest BCUT2D eigenvalue weighted by atomic mass is 19.1. The average Bonchev–Trinajstić information content (AvgIpc) is 3.37. The molecule has 0 aliphatic carbocycles. The maximum absolute atomic E-state index is 14.3. The van der Waals surface area contributed by atoms with E-state index < -0.39 is 5.82 Å². The maximum Gasteiger partial charge on any atom is 0.253 e. The number of piperidine rings is 1. The number of methoxy groups -OCH3 is 1. The van der Waals surface area contributed by atoms with Gasteiger partial charge in [-0.1, -0.05) is 0 Å². The molecular formula is C29H33FN6O2. The summed E-state index contributed by atoms with van der Waals surface area (Å²) in [6, 6.07) is 10.5. The molecule has 5 rings (SSSR count). The fourth-order valence-electron chi connectivity index (χ4n) is 5.02. The second-order valence-electron chi connectivity index (χ2n) is 9.83. The van der Waals surface area contributed by atoms with E-state index in [1.807, 2.05) is 41.5 Å². The lowest BCUT2D eigenvalue weighted by Gasteiger charge is -2.25. The molecular weight excluding hydrogens is 483 g/mol. The summed E-state index contributed by atoms with van der Waals surface area (Å²) in [4.78, 5) is 23.9. The first kappa shape index (κ1) is 25.7. The summed E-state index contributed by atoms with van der Waals surface area (Å²) in [5, 5.41) is 6.72. The van der Waals surface area contributed by atoms with E-state index in [0.29, 0.717) is 28.5 Å². The highest BCUT2D eigenvalue weighted by Crippen LogP contribution is 2.29. The van der Waals surface area contributed by atoms with Crippen molar-refractivity contribution in [3.8, 4) is 17.0 Å². The third-order valence-corrected chi connectivity index (χ3v) is 7.27. The number of carbonyl (C=O) groups is 1. The quantitative estimate of drug-likeness (QED) is 0.341. The van der Waals surface area contributed by atoms with E-state index in [4.69, 9.17) is 4.74 Å². The molecule has 0 atom stereocenters. The molecule has 0 unspecified atom stereocenters. The number of nitrogens with one attached hydrogen (secondary N) is 2. The van der Waals surface area contributed by atoms with Crippen molar-refractivity contribution in [1.82, 2.24) is 24.6 Å². The summed E-state index contributed by atoms with van der Waals surface area (Å²) in [5.74, 6) is 1.03. The van der Waals surface area contributed by atoms with Crippen LogP contribution in [0, 0.1) is 18.7 Å². The lowest BCUT2D eigenvalue weighted by Crippen LogP contribution is -2.32. The lowest BCUT2D eigenvalue weighted by molar-refractivity contribution is 0.0784. The molecule has 2 aromatic carbocycles. The van der Waals surface area contributed by atoms with Crippen molar-refractivity contribution in [2.75, 3.05) is 39.1 Å². The van der Waals surface area contributed by atoms with E-state index in [1.54, 1.807) is 30.7 Å². The van der Waals surface area contributed by atoms with E-state index in [1.165, 1.54) is 26.0 Å². The van der Waals surface area contributed by atoms with Gasteiger partial charge in [-0.25, -0.2) is 14.4 Å². The van der Waals surface area contributed by atoms with Crippen LogP contribution in [-0.4, -0.2) is 59.0 Å². The summed E-state index contributed by atoms with van der Waals surface area (Å²) in [5.41, 5.74) is 4.40. The third kappa shape index (κ3) is 5.33. The van der Waals surface area contributed by atoms with Crippen molar-refractivity contribution in [2.45, 2.75) is 26.2 Å². The number of aromatic nitrogens is 3. The number of hydrogen-bond donors (Lipinski definition) is 2. The van der Waals surface area contributed by atoms with Crippen LogP contribution in [0.2, 0.25) is 0 Å². The molecule has 8 nitrogen and oxygen atoms in total. The number of nitrogens with zero attached hydrogens (tertiary/aromatic N) is 4. The molecule has 3 heterocycles. The number of amides is 1. The molecule has 0 saturated carbocycles. The van der Waals surface area contributed by atoms with E-state index in [0.717, 1.165) is 43.0 Å². The first-order chi connectivity index (χ1) is 18.4. The predicted octanol–water partition coefficient (Wildman–Crippen LogP) is 5.06. The molecule has 198 valence electrons. The fraction of sp³-hybridized carbons (Fsp3) is 0.345. The van der Waals surface area contributed by atoms with Gasteiger partial charge in [-0.2, -0.15) is 0 Å². The van der Waals surface area contributed by atoms with Gasteiger partial charge in [0.1, 0.15) is 0 Å². The summed E-state index contributed by atoms with van der Waals surface area (Å²) in [6.07, 6.45) is 8.54. The van der Waals surface area contributed by atoms with E-state index in [2.05, 4.69) is 20.6 Å². The number of benzene rings is 2. The van der Waals surface area contributed by atoms with Crippen molar-refractivity contribution >= 4 is 23.1 Å². The van der Waals surface area contributed by atoms with Crippen LogP contribution >= 0.6 is 0 Å². The Morgan fingerprint density at radius 2 is 2.03 bits per heavy atom. The Balaban J connectivity index is 1.31.